The van der Waals surface area contributed by atoms with Gasteiger partial charge >= 0.3 is 5.69 Å². The first kappa shape index (κ1) is 26.4. The summed E-state index contributed by atoms with van der Waals surface area (Å²) in [5, 5.41) is 24.7. The molecule has 1 aliphatic rings. The Bertz CT molecular complexity index is 1460. The first-order chi connectivity index (χ1) is 18.1. The van der Waals surface area contributed by atoms with Crippen LogP contribution >= 0.6 is 0 Å². The van der Waals surface area contributed by atoms with Crippen molar-refractivity contribution in [1.82, 2.24) is 19.8 Å². The van der Waals surface area contributed by atoms with Gasteiger partial charge in [0.2, 0.25) is 0 Å². The molecule has 13 nitrogen and oxygen atoms in total. The summed E-state index contributed by atoms with van der Waals surface area (Å²) in [6, 6.07) is 10.5. The second-order valence-corrected chi connectivity index (χ2v) is 9.24. The average Bonchev–Trinajstić information content (AvgIpc) is 2.90. The summed E-state index contributed by atoms with van der Waals surface area (Å²) in [6.07, 6.45) is 3.19. The van der Waals surface area contributed by atoms with Gasteiger partial charge < -0.3 is 5.32 Å². The van der Waals surface area contributed by atoms with Crippen LogP contribution in [0.25, 0.3) is 0 Å². The summed E-state index contributed by atoms with van der Waals surface area (Å²) in [6.45, 7) is 4.13. The van der Waals surface area contributed by atoms with Gasteiger partial charge in [0.25, 0.3) is 22.8 Å². The van der Waals surface area contributed by atoms with Crippen LogP contribution < -0.4 is 16.6 Å². The molecule has 0 unspecified atom stereocenters. The summed E-state index contributed by atoms with van der Waals surface area (Å²) >= 11 is 0. The predicted molar refractivity (Wildman–Crippen MR) is 137 cm³/mol. The molecule has 2 heterocycles. The van der Waals surface area contributed by atoms with E-state index >= 15 is 0 Å². The molecule has 3 aromatic rings. The van der Waals surface area contributed by atoms with Gasteiger partial charge in [0, 0.05) is 56.1 Å². The number of carbonyl (C=O) groups is 1. The maximum absolute atomic E-state index is 12.5. The molecule has 0 bridgehead atoms. The van der Waals surface area contributed by atoms with Crippen molar-refractivity contribution in [3.05, 3.63) is 112 Å². The van der Waals surface area contributed by atoms with Crippen LogP contribution in [-0.2, 0) is 13.1 Å². The van der Waals surface area contributed by atoms with Gasteiger partial charge in [-0.2, -0.15) is 0 Å². The molecular formula is C25H26N6O7. The van der Waals surface area contributed by atoms with Crippen molar-refractivity contribution in [2.75, 3.05) is 13.1 Å². The Morgan fingerprint density at radius 2 is 1.58 bits per heavy atom. The average molecular weight is 523 g/mol. The zero-order chi connectivity index (χ0) is 27.4. The zero-order valence-corrected chi connectivity index (χ0v) is 20.6. The molecule has 4 rings (SSSR count). The minimum atomic E-state index is -0.782. The first-order valence-electron chi connectivity index (χ1n) is 11.9. The van der Waals surface area contributed by atoms with E-state index in [1.807, 2.05) is 24.3 Å². The second-order valence-electron chi connectivity index (χ2n) is 9.24. The number of aromatic nitrogens is 2. The van der Waals surface area contributed by atoms with Gasteiger partial charge in [-0.3, -0.25) is 44.3 Å². The summed E-state index contributed by atoms with van der Waals surface area (Å²) in [5.41, 5.74) is 0.417. The quantitative estimate of drug-likeness (QED) is 0.335. The normalized spacial score (nSPS) is 14.2. The first-order valence-corrected chi connectivity index (χ1v) is 11.9. The number of non-ortho nitro benzene ring substituents is 2. The molecule has 1 fully saturated rings. The number of nitrogens with zero attached hydrogens (tertiary/aromatic N) is 4. The minimum absolute atomic E-state index is 0.0350. The fourth-order valence-electron chi connectivity index (χ4n) is 4.46. The highest BCUT2D eigenvalue weighted by Gasteiger charge is 2.22. The van der Waals surface area contributed by atoms with Crippen molar-refractivity contribution in [3.63, 3.8) is 0 Å². The van der Waals surface area contributed by atoms with E-state index in [4.69, 9.17) is 0 Å². The van der Waals surface area contributed by atoms with Crippen LogP contribution in [0.15, 0.2) is 58.3 Å². The van der Waals surface area contributed by atoms with Crippen LogP contribution in [0.2, 0.25) is 0 Å². The van der Waals surface area contributed by atoms with E-state index < -0.39 is 27.1 Å². The highest BCUT2D eigenvalue weighted by Crippen LogP contribution is 2.24. The smallest absolute Gasteiger partial charge is 0.328 e. The molecule has 1 saturated heterocycles. The van der Waals surface area contributed by atoms with Gasteiger partial charge in [-0.1, -0.05) is 24.3 Å². The summed E-state index contributed by atoms with van der Waals surface area (Å²) in [5.74, 6) is -0.652. The number of carbonyl (C=O) groups excluding carboxylic acids is 1. The third-order valence-electron chi connectivity index (χ3n) is 6.56. The minimum Gasteiger partial charge on any atom is -0.348 e. The molecule has 2 N–H and O–H groups in total. The lowest BCUT2D eigenvalue weighted by Gasteiger charge is -2.32. The van der Waals surface area contributed by atoms with Crippen molar-refractivity contribution < 1.29 is 14.6 Å². The van der Waals surface area contributed by atoms with E-state index in [0.29, 0.717) is 5.56 Å². The largest absolute Gasteiger partial charge is 0.348 e. The summed E-state index contributed by atoms with van der Waals surface area (Å²) in [4.78, 5) is 61.4. The summed E-state index contributed by atoms with van der Waals surface area (Å²) in [7, 11) is 0. The molecule has 0 saturated carbocycles. The third kappa shape index (κ3) is 6.18. The molecule has 1 aliphatic heterocycles. The number of piperidine rings is 1. The van der Waals surface area contributed by atoms with E-state index in [2.05, 4.69) is 15.2 Å². The number of likely N-dealkylation sites (tertiary alicyclic amines) is 1. The number of benzene rings is 2. The zero-order valence-electron chi connectivity index (χ0n) is 20.6. The van der Waals surface area contributed by atoms with E-state index in [1.165, 1.54) is 0 Å². The van der Waals surface area contributed by atoms with E-state index in [-0.39, 0.29) is 29.4 Å². The Kier molecular flexibility index (Phi) is 7.76. The standard InChI is InChI=1S/C25H26N6O7/c1-16-14-29(25(34)27-23(16)32)20-6-8-28(9-7-20)15-18-4-2-17(3-5-18)13-26-24(33)19-10-21(30(35)36)12-22(11-19)31(37)38/h2-5,10-12,14,20H,6-9,13,15H2,1H3,(H,26,33)(H,27,32,34). The van der Waals surface area contributed by atoms with Gasteiger partial charge in [0.05, 0.1) is 21.5 Å². The molecule has 0 radical (unpaired) electrons. The maximum atomic E-state index is 12.5. The Labute approximate surface area is 216 Å². The number of rotatable bonds is 8. The fourth-order valence-corrected chi connectivity index (χ4v) is 4.46. The van der Waals surface area contributed by atoms with Gasteiger partial charge in [0.15, 0.2) is 0 Å². The number of nitro groups is 2. The van der Waals surface area contributed by atoms with Gasteiger partial charge in [-0.15, -0.1) is 0 Å². The maximum Gasteiger partial charge on any atom is 0.328 e. The Morgan fingerprint density at radius 3 is 2.16 bits per heavy atom. The number of nitrogens with one attached hydrogen (secondary N) is 2. The topological polar surface area (TPSA) is 173 Å². The molecule has 13 heteroatoms. The molecule has 0 atom stereocenters. The molecular weight excluding hydrogens is 496 g/mol. The van der Waals surface area contributed by atoms with E-state index in [9.17, 15) is 34.6 Å². The van der Waals surface area contributed by atoms with Crippen LogP contribution in [0.1, 0.15) is 45.9 Å². The Morgan fingerprint density at radius 1 is 1.00 bits per heavy atom. The van der Waals surface area contributed by atoms with Crippen molar-refractivity contribution in [3.8, 4) is 0 Å². The van der Waals surface area contributed by atoms with Crippen LogP contribution in [-0.4, -0.2) is 43.3 Å². The number of hydrogen-bond donors (Lipinski definition) is 2. The number of aryl methyl sites for hydroxylation is 1. The monoisotopic (exact) mass is 522 g/mol. The van der Waals surface area contributed by atoms with E-state index in [1.54, 1.807) is 17.7 Å². The van der Waals surface area contributed by atoms with Gasteiger partial charge in [-0.05, 0) is 30.9 Å². The molecule has 2 aromatic carbocycles. The lowest BCUT2D eigenvalue weighted by Crippen LogP contribution is -2.39. The van der Waals surface area contributed by atoms with Crippen LogP contribution in [0.4, 0.5) is 11.4 Å². The third-order valence-corrected chi connectivity index (χ3v) is 6.56. The lowest BCUT2D eigenvalue weighted by molar-refractivity contribution is -0.394. The van der Waals surface area contributed by atoms with Gasteiger partial charge in [0.1, 0.15) is 0 Å². The molecule has 0 aliphatic carbocycles. The van der Waals surface area contributed by atoms with Crippen LogP contribution in [0, 0.1) is 27.2 Å². The number of nitro benzene ring substituents is 2. The molecule has 0 spiro atoms. The number of amides is 1. The van der Waals surface area contributed by atoms with Crippen molar-refractivity contribution in [2.24, 2.45) is 0 Å². The number of aromatic amines is 1. The molecule has 1 aromatic heterocycles. The Hall–Kier alpha value is -4.65. The van der Waals surface area contributed by atoms with Crippen molar-refractivity contribution in [1.29, 1.82) is 0 Å². The summed E-state index contributed by atoms with van der Waals surface area (Å²) < 4.78 is 1.61. The number of H-pyrrole nitrogens is 1. The van der Waals surface area contributed by atoms with Crippen molar-refractivity contribution in [2.45, 2.75) is 38.9 Å². The highest BCUT2D eigenvalue weighted by atomic mass is 16.6. The van der Waals surface area contributed by atoms with Crippen LogP contribution in [0.3, 0.4) is 0 Å². The molecule has 38 heavy (non-hydrogen) atoms. The predicted octanol–water partition coefficient (Wildman–Crippen LogP) is 2.43. The fraction of sp³-hybridized carbons (Fsp3) is 0.320. The number of hydrogen-bond acceptors (Lipinski definition) is 8. The highest BCUT2D eigenvalue weighted by molar-refractivity contribution is 5.95. The molecule has 198 valence electrons. The van der Waals surface area contributed by atoms with Crippen LogP contribution in [0.5, 0.6) is 0 Å². The SMILES string of the molecule is Cc1cn(C2CCN(Cc3ccc(CNC(=O)c4cc([N+](=O)[O-])cc([N+](=O)[O-])c4)cc3)CC2)c(=O)[nH]c1=O. The lowest BCUT2D eigenvalue weighted by atomic mass is 10.0. The van der Waals surface area contributed by atoms with Gasteiger partial charge in [-0.25, -0.2) is 4.79 Å². The Balaban J connectivity index is 1.31. The second kappa shape index (κ2) is 11.2. The van der Waals surface area contributed by atoms with Crippen molar-refractivity contribution >= 4 is 17.3 Å². The van der Waals surface area contributed by atoms with E-state index in [0.717, 1.165) is 61.8 Å². The molecule has 1 amide bonds.